The van der Waals surface area contributed by atoms with E-state index in [0.717, 1.165) is 11.1 Å². The van der Waals surface area contributed by atoms with E-state index < -0.39 is 6.10 Å². The van der Waals surface area contributed by atoms with Gasteiger partial charge in [-0.2, -0.15) is 0 Å². The van der Waals surface area contributed by atoms with Crippen LogP contribution in [-0.4, -0.2) is 12.6 Å². The number of benzene rings is 2. The minimum absolute atomic E-state index is 0.340. The second kappa shape index (κ2) is 6.86. The number of carbonyl (C=O) groups is 1. The largest absolute Gasteiger partial charge is 0.474 e. The monoisotopic (exact) mass is 310 g/mol. The van der Waals surface area contributed by atoms with Gasteiger partial charge in [0, 0.05) is 5.56 Å². The summed E-state index contributed by atoms with van der Waals surface area (Å²) >= 11 is 0. The van der Waals surface area contributed by atoms with Gasteiger partial charge in [0.25, 0.3) is 0 Å². The lowest BCUT2D eigenvalue weighted by molar-refractivity contribution is -0.151. The first-order valence-corrected chi connectivity index (χ1v) is 8.17. The van der Waals surface area contributed by atoms with Crippen LogP contribution in [0.15, 0.2) is 48.5 Å². The first kappa shape index (κ1) is 15.6. The van der Waals surface area contributed by atoms with Crippen LogP contribution in [-0.2, 0) is 9.53 Å². The van der Waals surface area contributed by atoms with Gasteiger partial charge in [-0.3, -0.25) is 0 Å². The first-order valence-electron chi connectivity index (χ1n) is 8.17. The van der Waals surface area contributed by atoms with E-state index in [0.29, 0.717) is 18.3 Å². The second-order valence-electron chi connectivity index (χ2n) is 6.00. The zero-order chi connectivity index (χ0) is 16.2. The van der Waals surface area contributed by atoms with Crippen molar-refractivity contribution < 1.29 is 14.3 Å². The maximum Gasteiger partial charge on any atom is 0.352 e. The summed E-state index contributed by atoms with van der Waals surface area (Å²) in [6.45, 7) is 4.16. The highest BCUT2D eigenvalue weighted by Gasteiger charge is 2.26. The van der Waals surface area contributed by atoms with Crippen molar-refractivity contribution in [3.8, 4) is 5.75 Å². The molecule has 1 unspecified atom stereocenters. The van der Waals surface area contributed by atoms with Gasteiger partial charge < -0.3 is 9.47 Å². The Labute approximate surface area is 137 Å². The summed E-state index contributed by atoms with van der Waals surface area (Å²) in [5, 5.41) is 0. The number of esters is 1. The predicted molar refractivity (Wildman–Crippen MR) is 89.6 cm³/mol. The Morgan fingerprint density at radius 3 is 2.30 bits per heavy atom. The van der Waals surface area contributed by atoms with Crippen LogP contribution in [0.5, 0.6) is 5.75 Å². The Kier molecular flexibility index (Phi) is 4.65. The first-order chi connectivity index (χ1) is 11.2. The van der Waals surface area contributed by atoms with Crippen molar-refractivity contribution in [2.24, 2.45) is 0 Å². The van der Waals surface area contributed by atoms with Crippen LogP contribution in [0.4, 0.5) is 0 Å². The van der Waals surface area contributed by atoms with Gasteiger partial charge in [-0.1, -0.05) is 42.0 Å². The number of hydrogen-bond acceptors (Lipinski definition) is 3. The molecule has 0 bridgehead atoms. The third-order valence-electron chi connectivity index (χ3n) is 4.06. The molecule has 3 heteroatoms. The van der Waals surface area contributed by atoms with Crippen molar-refractivity contribution in [3.05, 3.63) is 65.2 Å². The van der Waals surface area contributed by atoms with Crippen LogP contribution in [0.2, 0.25) is 0 Å². The lowest BCUT2D eigenvalue weighted by Gasteiger charge is -2.18. The van der Waals surface area contributed by atoms with Gasteiger partial charge in [0.2, 0.25) is 6.10 Å². The Balaban J connectivity index is 1.81. The number of rotatable bonds is 6. The van der Waals surface area contributed by atoms with Crippen molar-refractivity contribution in [1.29, 1.82) is 0 Å². The molecular formula is C20H22O3. The summed E-state index contributed by atoms with van der Waals surface area (Å²) in [6.07, 6.45) is 1.80. The Hall–Kier alpha value is -2.29. The van der Waals surface area contributed by atoms with Crippen LogP contribution >= 0.6 is 0 Å². The third kappa shape index (κ3) is 3.92. The standard InChI is InChI=1S/C20H22O3/c1-3-22-20(21)19(23-18-12-4-14(2)5-13-18)17-10-8-16(9-11-17)15-6-7-15/h4-5,8-13,15,19H,3,6-7H2,1-2H3. The molecule has 0 amide bonds. The molecule has 0 N–H and O–H groups in total. The number of carbonyl (C=O) groups excluding carboxylic acids is 1. The smallest absolute Gasteiger partial charge is 0.352 e. The molecule has 2 aromatic carbocycles. The van der Waals surface area contributed by atoms with E-state index in [1.165, 1.54) is 18.4 Å². The maximum absolute atomic E-state index is 12.3. The zero-order valence-corrected chi connectivity index (χ0v) is 13.6. The quantitative estimate of drug-likeness (QED) is 0.734. The van der Waals surface area contributed by atoms with Gasteiger partial charge in [-0.25, -0.2) is 4.79 Å². The van der Waals surface area contributed by atoms with Crippen LogP contribution in [0.3, 0.4) is 0 Å². The van der Waals surface area contributed by atoms with Gasteiger partial charge in [-0.15, -0.1) is 0 Å². The molecule has 2 aromatic rings. The number of aryl methyl sites for hydroxylation is 1. The molecule has 3 rings (SSSR count). The summed E-state index contributed by atoms with van der Waals surface area (Å²) in [5.74, 6) is 1.01. The molecule has 1 fully saturated rings. The van der Waals surface area contributed by atoms with Gasteiger partial charge in [-0.05, 0) is 50.3 Å². The summed E-state index contributed by atoms with van der Waals surface area (Å²) in [7, 11) is 0. The predicted octanol–water partition coefficient (Wildman–Crippen LogP) is 4.56. The van der Waals surface area contributed by atoms with Crippen molar-refractivity contribution >= 4 is 5.97 Å². The molecule has 0 radical (unpaired) electrons. The molecule has 0 aromatic heterocycles. The normalized spacial score (nSPS) is 15.0. The van der Waals surface area contributed by atoms with Crippen molar-refractivity contribution in [2.75, 3.05) is 6.61 Å². The average Bonchev–Trinajstić information content (AvgIpc) is 3.40. The van der Waals surface area contributed by atoms with E-state index in [2.05, 4.69) is 12.1 Å². The molecule has 0 aliphatic heterocycles. The average molecular weight is 310 g/mol. The van der Waals surface area contributed by atoms with E-state index in [1.54, 1.807) is 6.92 Å². The SMILES string of the molecule is CCOC(=O)C(Oc1ccc(C)cc1)c1ccc(C2CC2)cc1. The van der Waals surface area contributed by atoms with Gasteiger partial charge in [0.05, 0.1) is 6.61 Å². The van der Waals surface area contributed by atoms with E-state index in [1.807, 2.05) is 43.3 Å². The van der Waals surface area contributed by atoms with Crippen LogP contribution in [0.1, 0.15) is 48.5 Å². The topological polar surface area (TPSA) is 35.5 Å². The summed E-state index contributed by atoms with van der Waals surface area (Å²) in [4.78, 5) is 12.3. The third-order valence-corrected chi connectivity index (χ3v) is 4.06. The highest BCUT2D eigenvalue weighted by molar-refractivity contribution is 5.77. The highest BCUT2D eigenvalue weighted by Crippen LogP contribution is 2.40. The molecule has 1 aliphatic rings. The van der Waals surface area contributed by atoms with Crippen molar-refractivity contribution in [2.45, 2.75) is 38.7 Å². The van der Waals surface area contributed by atoms with E-state index >= 15 is 0 Å². The molecule has 0 saturated heterocycles. The van der Waals surface area contributed by atoms with Crippen LogP contribution in [0, 0.1) is 6.92 Å². The summed E-state index contributed by atoms with van der Waals surface area (Å²) < 4.78 is 11.1. The van der Waals surface area contributed by atoms with Gasteiger partial charge in [0.1, 0.15) is 5.75 Å². The fourth-order valence-corrected chi connectivity index (χ4v) is 2.58. The number of hydrogen-bond donors (Lipinski definition) is 0. The van der Waals surface area contributed by atoms with E-state index in [9.17, 15) is 4.79 Å². The van der Waals surface area contributed by atoms with Crippen LogP contribution < -0.4 is 4.74 Å². The zero-order valence-electron chi connectivity index (χ0n) is 13.6. The molecule has 1 saturated carbocycles. The fraction of sp³-hybridized carbons (Fsp3) is 0.350. The van der Waals surface area contributed by atoms with Crippen molar-refractivity contribution in [1.82, 2.24) is 0 Å². The van der Waals surface area contributed by atoms with E-state index in [4.69, 9.17) is 9.47 Å². The maximum atomic E-state index is 12.3. The summed E-state index contributed by atoms with van der Waals surface area (Å²) in [6, 6.07) is 15.8. The Morgan fingerprint density at radius 2 is 1.74 bits per heavy atom. The molecular weight excluding hydrogens is 288 g/mol. The Morgan fingerprint density at radius 1 is 1.09 bits per heavy atom. The lowest BCUT2D eigenvalue weighted by atomic mass is 10.0. The molecule has 1 atom stereocenters. The van der Waals surface area contributed by atoms with Crippen LogP contribution in [0.25, 0.3) is 0 Å². The van der Waals surface area contributed by atoms with Crippen molar-refractivity contribution in [3.63, 3.8) is 0 Å². The minimum Gasteiger partial charge on any atom is -0.474 e. The van der Waals surface area contributed by atoms with Gasteiger partial charge >= 0.3 is 5.97 Å². The fourth-order valence-electron chi connectivity index (χ4n) is 2.58. The molecule has 1 aliphatic carbocycles. The number of ether oxygens (including phenoxy) is 2. The molecule has 120 valence electrons. The van der Waals surface area contributed by atoms with Gasteiger partial charge in [0.15, 0.2) is 0 Å². The second-order valence-corrected chi connectivity index (χ2v) is 6.00. The molecule has 0 spiro atoms. The molecule has 0 heterocycles. The minimum atomic E-state index is -0.731. The Bertz CT molecular complexity index is 654. The van der Waals surface area contributed by atoms with E-state index in [-0.39, 0.29) is 5.97 Å². The lowest BCUT2D eigenvalue weighted by Crippen LogP contribution is -2.21. The highest BCUT2D eigenvalue weighted by atomic mass is 16.6. The summed E-state index contributed by atoms with van der Waals surface area (Å²) in [5.41, 5.74) is 3.32. The molecule has 23 heavy (non-hydrogen) atoms. The molecule has 3 nitrogen and oxygen atoms in total.